The summed E-state index contributed by atoms with van der Waals surface area (Å²) in [6.45, 7) is 3.34. The van der Waals surface area contributed by atoms with Crippen LogP contribution in [0.15, 0.2) is 65.6 Å². The van der Waals surface area contributed by atoms with E-state index >= 15 is 0 Å². The van der Waals surface area contributed by atoms with Crippen LogP contribution >= 0.6 is 11.6 Å². The number of halogens is 1. The Kier molecular flexibility index (Phi) is 7.38. The first-order valence-electron chi connectivity index (χ1n) is 11.5. The normalized spacial score (nSPS) is 13.7. The van der Waals surface area contributed by atoms with Gasteiger partial charge in [-0.05, 0) is 80.1 Å². The quantitative estimate of drug-likeness (QED) is 0.449. The van der Waals surface area contributed by atoms with Crippen LogP contribution in [0.1, 0.15) is 41.6 Å². The van der Waals surface area contributed by atoms with Crippen LogP contribution in [0.2, 0.25) is 5.02 Å². The van der Waals surface area contributed by atoms with Gasteiger partial charge in [0.2, 0.25) is 5.91 Å². The average Bonchev–Trinajstić information content (AvgIpc) is 3.30. The molecule has 3 aromatic carbocycles. The van der Waals surface area contributed by atoms with Gasteiger partial charge in [0.15, 0.2) is 0 Å². The molecule has 184 valence electrons. The maximum atomic E-state index is 13.7. The molecule has 1 aliphatic rings. The van der Waals surface area contributed by atoms with Gasteiger partial charge in [-0.1, -0.05) is 47.5 Å². The van der Waals surface area contributed by atoms with E-state index in [1.807, 2.05) is 19.9 Å². The molecule has 0 bridgehead atoms. The number of benzene rings is 3. The van der Waals surface area contributed by atoms with Crippen molar-refractivity contribution >= 4 is 33.2 Å². The molecule has 0 heterocycles. The average molecular weight is 513 g/mol. The van der Waals surface area contributed by atoms with E-state index in [0.29, 0.717) is 10.8 Å². The molecule has 6 nitrogen and oxygen atoms in total. The predicted molar refractivity (Wildman–Crippen MR) is 139 cm³/mol. The first kappa shape index (κ1) is 25.1. The molecule has 4 rings (SSSR count). The number of hydrogen-bond donors (Lipinski definition) is 1. The van der Waals surface area contributed by atoms with Crippen molar-refractivity contribution in [1.29, 1.82) is 0 Å². The number of methoxy groups -OCH3 is 1. The Labute approximate surface area is 211 Å². The number of rotatable bonds is 8. The van der Waals surface area contributed by atoms with Gasteiger partial charge in [-0.3, -0.25) is 9.10 Å². The van der Waals surface area contributed by atoms with Crippen LogP contribution in [0.4, 0.5) is 5.69 Å². The molecule has 0 radical (unpaired) electrons. The first-order chi connectivity index (χ1) is 16.7. The summed E-state index contributed by atoms with van der Waals surface area (Å²) in [6.07, 6.45) is 3.28. The minimum absolute atomic E-state index is 0.0737. The Bertz CT molecular complexity index is 1340. The number of aryl methyl sites for hydroxylation is 3. The zero-order valence-corrected chi connectivity index (χ0v) is 21.6. The van der Waals surface area contributed by atoms with Gasteiger partial charge in [-0.15, -0.1) is 0 Å². The van der Waals surface area contributed by atoms with E-state index in [0.717, 1.165) is 34.7 Å². The number of carbonyl (C=O) groups excluding carboxylic acids is 1. The lowest BCUT2D eigenvalue weighted by molar-refractivity contribution is -0.120. The summed E-state index contributed by atoms with van der Waals surface area (Å²) in [7, 11) is -2.65. The van der Waals surface area contributed by atoms with Gasteiger partial charge in [-0.25, -0.2) is 8.42 Å². The van der Waals surface area contributed by atoms with Crippen LogP contribution in [0.3, 0.4) is 0 Å². The second-order valence-corrected chi connectivity index (χ2v) is 11.1. The standard InChI is InChI=1S/C27H29ClN2O4S/c1-18-7-12-24(13-8-18)35(32,33)30(25-16-23(28)11-14-26(25)34-3)17-27(31)29-19(2)21-10-9-20-5-4-6-22(20)15-21/h7-16,19H,4-6,17H2,1-3H3,(H,29,31)/t19-/m1/s1. The Morgan fingerprint density at radius 1 is 1.06 bits per heavy atom. The van der Waals surface area contributed by atoms with Crippen LogP contribution in [0, 0.1) is 6.92 Å². The van der Waals surface area contributed by atoms with E-state index in [4.69, 9.17) is 16.3 Å². The fraction of sp³-hybridized carbons (Fsp3) is 0.296. The van der Waals surface area contributed by atoms with Crippen LogP contribution in [-0.2, 0) is 27.7 Å². The SMILES string of the molecule is COc1ccc(Cl)cc1N(CC(=O)N[C@H](C)c1ccc2c(c1)CCC2)S(=O)(=O)c1ccc(C)cc1. The van der Waals surface area contributed by atoms with Crippen molar-refractivity contribution in [2.24, 2.45) is 0 Å². The number of anilines is 1. The second kappa shape index (κ2) is 10.3. The number of hydrogen-bond acceptors (Lipinski definition) is 4. The highest BCUT2D eigenvalue weighted by Gasteiger charge is 2.30. The van der Waals surface area contributed by atoms with Crippen LogP contribution in [-0.4, -0.2) is 28.0 Å². The lowest BCUT2D eigenvalue weighted by Crippen LogP contribution is -2.41. The topological polar surface area (TPSA) is 75.7 Å². The number of nitrogens with one attached hydrogen (secondary N) is 1. The number of fused-ring (bicyclic) bond motifs is 1. The van der Waals surface area contributed by atoms with Gasteiger partial charge in [0.1, 0.15) is 12.3 Å². The Balaban J connectivity index is 1.64. The number of carbonyl (C=O) groups is 1. The van der Waals surface area contributed by atoms with Gasteiger partial charge in [0.05, 0.1) is 23.7 Å². The third-order valence-corrected chi connectivity index (χ3v) is 8.31. The highest BCUT2D eigenvalue weighted by Crippen LogP contribution is 2.35. The number of amides is 1. The summed E-state index contributed by atoms with van der Waals surface area (Å²) in [6, 6.07) is 17.2. The van der Waals surface area contributed by atoms with Gasteiger partial charge in [0, 0.05) is 5.02 Å². The Hall–Kier alpha value is -3.03. The molecule has 1 N–H and O–H groups in total. The smallest absolute Gasteiger partial charge is 0.264 e. The molecule has 1 atom stereocenters. The van der Waals surface area contributed by atoms with Crippen molar-refractivity contribution in [1.82, 2.24) is 5.32 Å². The zero-order chi connectivity index (χ0) is 25.2. The maximum Gasteiger partial charge on any atom is 0.264 e. The van der Waals surface area contributed by atoms with Gasteiger partial charge in [-0.2, -0.15) is 0 Å². The van der Waals surface area contributed by atoms with Crippen LogP contribution < -0.4 is 14.4 Å². The van der Waals surface area contributed by atoms with Crippen LogP contribution in [0.25, 0.3) is 0 Å². The van der Waals surface area contributed by atoms with Crippen molar-refractivity contribution in [3.63, 3.8) is 0 Å². The fourth-order valence-corrected chi connectivity index (χ4v) is 5.95. The molecular weight excluding hydrogens is 484 g/mol. The summed E-state index contributed by atoms with van der Waals surface area (Å²) in [5.74, 6) is -0.139. The maximum absolute atomic E-state index is 13.7. The van der Waals surface area contributed by atoms with E-state index in [2.05, 4.69) is 17.4 Å². The minimum Gasteiger partial charge on any atom is -0.495 e. The fourth-order valence-electron chi connectivity index (χ4n) is 4.36. The van der Waals surface area contributed by atoms with Gasteiger partial charge < -0.3 is 10.1 Å². The van der Waals surface area contributed by atoms with Crippen LogP contribution in [0.5, 0.6) is 5.75 Å². The van der Waals surface area contributed by atoms with E-state index in [9.17, 15) is 13.2 Å². The van der Waals surface area contributed by atoms with E-state index in [1.165, 1.54) is 36.4 Å². The largest absolute Gasteiger partial charge is 0.495 e. The summed E-state index contributed by atoms with van der Waals surface area (Å²) in [5.41, 5.74) is 4.79. The Morgan fingerprint density at radius 3 is 2.49 bits per heavy atom. The lowest BCUT2D eigenvalue weighted by Gasteiger charge is -2.26. The first-order valence-corrected chi connectivity index (χ1v) is 13.3. The summed E-state index contributed by atoms with van der Waals surface area (Å²) < 4.78 is 33.8. The third kappa shape index (κ3) is 5.46. The van der Waals surface area contributed by atoms with E-state index in [1.54, 1.807) is 24.3 Å². The molecule has 0 aromatic heterocycles. The molecule has 0 aliphatic heterocycles. The molecule has 8 heteroatoms. The Morgan fingerprint density at radius 2 is 1.77 bits per heavy atom. The van der Waals surface area contributed by atoms with Gasteiger partial charge >= 0.3 is 0 Å². The molecule has 0 saturated heterocycles. The molecule has 1 amide bonds. The van der Waals surface area contributed by atoms with Gasteiger partial charge in [0.25, 0.3) is 10.0 Å². The molecule has 0 saturated carbocycles. The zero-order valence-electron chi connectivity index (χ0n) is 20.0. The lowest BCUT2D eigenvalue weighted by atomic mass is 10.0. The summed E-state index contributed by atoms with van der Waals surface area (Å²) >= 11 is 6.20. The number of sulfonamides is 1. The molecule has 0 fully saturated rings. The molecule has 35 heavy (non-hydrogen) atoms. The summed E-state index contributed by atoms with van der Waals surface area (Å²) in [5, 5.41) is 3.28. The van der Waals surface area contributed by atoms with Crippen molar-refractivity contribution in [2.45, 2.75) is 44.0 Å². The second-order valence-electron chi connectivity index (χ2n) is 8.81. The monoisotopic (exact) mass is 512 g/mol. The minimum atomic E-state index is -4.09. The van der Waals surface area contributed by atoms with E-state index < -0.39 is 22.5 Å². The highest BCUT2D eigenvalue weighted by atomic mass is 35.5. The highest BCUT2D eigenvalue weighted by molar-refractivity contribution is 7.92. The molecule has 0 unspecified atom stereocenters. The molecule has 1 aliphatic carbocycles. The van der Waals surface area contributed by atoms with Crippen molar-refractivity contribution < 1.29 is 17.9 Å². The van der Waals surface area contributed by atoms with Crippen molar-refractivity contribution in [3.8, 4) is 5.75 Å². The predicted octanol–water partition coefficient (Wildman–Crippen LogP) is 5.22. The van der Waals surface area contributed by atoms with Crippen molar-refractivity contribution in [3.05, 3.63) is 87.9 Å². The number of ether oxygens (including phenoxy) is 1. The molecule has 3 aromatic rings. The summed E-state index contributed by atoms with van der Waals surface area (Å²) in [4.78, 5) is 13.2. The molecular formula is C27H29ClN2O4S. The third-order valence-electron chi connectivity index (χ3n) is 6.31. The van der Waals surface area contributed by atoms with Crippen molar-refractivity contribution in [2.75, 3.05) is 18.0 Å². The number of nitrogens with zero attached hydrogens (tertiary/aromatic N) is 1. The van der Waals surface area contributed by atoms with E-state index in [-0.39, 0.29) is 16.6 Å². The molecule has 0 spiro atoms.